The topological polar surface area (TPSA) is 103 Å². The number of carbonyl (C=O) groups is 1. The van der Waals surface area contributed by atoms with Crippen LogP contribution in [0.3, 0.4) is 0 Å². The van der Waals surface area contributed by atoms with E-state index in [2.05, 4.69) is 5.32 Å². The minimum Gasteiger partial charge on any atom is -0.508 e. The molecule has 3 aromatic rings. The Kier molecular flexibility index (Phi) is 3.14. The molecule has 0 unspecified atom stereocenters. The number of amides is 1. The molecule has 1 heterocycles. The minimum absolute atomic E-state index is 0.0952. The van der Waals surface area contributed by atoms with E-state index >= 15 is 0 Å². The normalized spacial score (nSPS) is 10.8. The van der Waals surface area contributed by atoms with E-state index in [-0.39, 0.29) is 28.5 Å². The maximum Gasteiger partial charge on any atom is 0.256 e. The first-order valence-corrected chi connectivity index (χ1v) is 6.50. The second-order valence-corrected chi connectivity index (χ2v) is 4.92. The second-order valence-electron chi connectivity index (χ2n) is 4.92. The van der Waals surface area contributed by atoms with Gasteiger partial charge in [-0.3, -0.25) is 4.79 Å². The lowest BCUT2D eigenvalue weighted by Crippen LogP contribution is -2.12. The van der Waals surface area contributed by atoms with Crippen LogP contribution in [-0.2, 0) is 0 Å². The summed E-state index contributed by atoms with van der Waals surface area (Å²) in [5.41, 5.74) is 1.18. The van der Waals surface area contributed by atoms with Gasteiger partial charge in [0.2, 0.25) is 0 Å². The first kappa shape index (κ1) is 13.8. The summed E-state index contributed by atoms with van der Waals surface area (Å²) in [6, 6.07) is 7.02. The summed E-state index contributed by atoms with van der Waals surface area (Å²) in [5, 5.41) is 32.1. The lowest BCUT2D eigenvalue weighted by Gasteiger charge is -2.09. The van der Waals surface area contributed by atoms with Gasteiger partial charge in [-0.1, -0.05) is 0 Å². The Bertz CT molecular complexity index is 858. The van der Waals surface area contributed by atoms with Crippen molar-refractivity contribution in [2.75, 3.05) is 5.32 Å². The molecule has 0 fully saturated rings. The monoisotopic (exact) mass is 299 g/mol. The Hall–Kier alpha value is -3.15. The number of phenolic OH excluding ortho intramolecular Hbond substituents is 3. The molecule has 6 heteroatoms. The Balaban J connectivity index is 1.99. The van der Waals surface area contributed by atoms with E-state index in [1.54, 1.807) is 13.0 Å². The quantitative estimate of drug-likeness (QED) is 0.582. The van der Waals surface area contributed by atoms with Crippen LogP contribution in [0.2, 0.25) is 0 Å². The number of anilines is 1. The van der Waals surface area contributed by atoms with E-state index in [1.807, 2.05) is 0 Å². The molecular weight excluding hydrogens is 286 g/mol. The number of furan rings is 1. The van der Waals surface area contributed by atoms with Gasteiger partial charge in [0.1, 0.15) is 22.8 Å². The number of nitrogens with one attached hydrogen (secondary N) is 1. The third kappa shape index (κ3) is 2.31. The molecule has 0 aliphatic heterocycles. The molecule has 0 bridgehead atoms. The fraction of sp³-hybridized carbons (Fsp3) is 0.0625. The first-order chi connectivity index (χ1) is 10.5. The molecule has 22 heavy (non-hydrogen) atoms. The van der Waals surface area contributed by atoms with Crippen molar-refractivity contribution in [2.45, 2.75) is 6.92 Å². The van der Waals surface area contributed by atoms with E-state index in [1.165, 1.54) is 30.5 Å². The molecule has 0 atom stereocenters. The molecule has 2 aromatic carbocycles. The van der Waals surface area contributed by atoms with Crippen molar-refractivity contribution in [2.24, 2.45) is 0 Å². The zero-order valence-electron chi connectivity index (χ0n) is 11.6. The molecule has 1 amide bonds. The van der Waals surface area contributed by atoms with Crippen molar-refractivity contribution in [3.63, 3.8) is 0 Å². The predicted octanol–water partition coefficient (Wildman–Crippen LogP) is 3.11. The number of phenols is 3. The van der Waals surface area contributed by atoms with Gasteiger partial charge in [0.15, 0.2) is 0 Å². The van der Waals surface area contributed by atoms with Gasteiger partial charge in [-0.2, -0.15) is 0 Å². The highest BCUT2D eigenvalue weighted by atomic mass is 16.3. The van der Waals surface area contributed by atoms with E-state index in [9.17, 15) is 20.1 Å². The molecule has 6 nitrogen and oxygen atoms in total. The van der Waals surface area contributed by atoms with Gasteiger partial charge < -0.3 is 25.1 Å². The second kappa shape index (κ2) is 5.00. The van der Waals surface area contributed by atoms with Gasteiger partial charge >= 0.3 is 0 Å². The van der Waals surface area contributed by atoms with Gasteiger partial charge in [-0.15, -0.1) is 0 Å². The summed E-state index contributed by atoms with van der Waals surface area (Å²) in [7, 11) is 0. The van der Waals surface area contributed by atoms with Gasteiger partial charge in [0.05, 0.1) is 11.8 Å². The van der Waals surface area contributed by atoms with Gasteiger partial charge in [-0.05, 0) is 19.1 Å². The van der Waals surface area contributed by atoms with Gasteiger partial charge in [0.25, 0.3) is 5.91 Å². The number of aromatic hydroxyl groups is 3. The fourth-order valence-corrected chi connectivity index (χ4v) is 2.20. The predicted molar refractivity (Wildman–Crippen MR) is 80.3 cm³/mol. The van der Waals surface area contributed by atoms with Crippen molar-refractivity contribution >= 4 is 22.6 Å². The fourth-order valence-electron chi connectivity index (χ4n) is 2.20. The average Bonchev–Trinajstić information content (AvgIpc) is 2.91. The number of benzene rings is 2. The van der Waals surface area contributed by atoms with Crippen molar-refractivity contribution in [3.8, 4) is 17.2 Å². The van der Waals surface area contributed by atoms with Crippen molar-refractivity contribution in [1.29, 1.82) is 0 Å². The van der Waals surface area contributed by atoms with E-state index < -0.39 is 5.91 Å². The first-order valence-electron chi connectivity index (χ1n) is 6.50. The van der Waals surface area contributed by atoms with Crippen LogP contribution in [0.15, 0.2) is 41.0 Å². The van der Waals surface area contributed by atoms with Crippen LogP contribution < -0.4 is 5.32 Å². The molecular formula is C16H13NO5. The Morgan fingerprint density at radius 1 is 1.09 bits per heavy atom. The molecule has 0 spiro atoms. The SMILES string of the molecule is Cc1c(O)cc(NC(=O)c2cc(O)cc3occc23)cc1O. The molecule has 3 rings (SSSR count). The van der Waals surface area contributed by atoms with Gasteiger partial charge in [0, 0.05) is 34.8 Å². The van der Waals surface area contributed by atoms with E-state index in [0.29, 0.717) is 16.5 Å². The molecule has 0 saturated heterocycles. The Labute approximate surface area is 125 Å². The van der Waals surface area contributed by atoms with Crippen molar-refractivity contribution in [3.05, 3.63) is 47.7 Å². The highest BCUT2D eigenvalue weighted by Gasteiger charge is 2.15. The Morgan fingerprint density at radius 2 is 1.77 bits per heavy atom. The number of fused-ring (bicyclic) bond motifs is 1. The van der Waals surface area contributed by atoms with Crippen molar-refractivity contribution in [1.82, 2.24) is 0 Å². The highest BCUT2D eigenvalue weighted by molar-refractivity contribution is 6.12. The van der Waals surface area contributed by atoms with Crippen LogP contribution in [-0.4, -0.2) is 21.2 Å². The number of hydrogen-bond acceptors (Lipinski definition) is 5. The zero-order valence-corrected chi connectivity index (χ0v) is 11.6. The molecule has 0 radical (unpaired) electrons. The van der Waals surface area contributed by atoms with Crippen LogP contribution in [0.25, 0.3) is 11.0 Å². The standard InChI is InChI=1S/C16H13NO5/c1-8-13(19)4-9(5-14(8)20)17-16(21)12-6-10(18)7-15-11(12)2-3-22-15/h2-7,18-20H,1H3,(H,17,21). The average molecular weight is 299 g/mol. The third-order valence-corrected chi connectivity index (χ3v) is 3.41. The van der Waals surface area contributed by atoms with Gasteiger partial charge in [-0.25, -0.2) is 0 Å². The van der Waals surface area contributed by atoms with Crippen LogP contribution in [0.4, 0.5) is 5.69 Å². The molecule has 1 aromatic heterocycles. The molecule has 0 saturated carbocycles. The van der Waals surface area contributed by atoms with E-state index in [0.717, 1.165) is 0 Å². The summed E-state index contributed by atoms with van der Waals surface area (Å²) in [6.07, 6.45) is 1.42. The summed E-state index contributed by atoms with van der Waals surface area (Å²) < 4.78 is 5.17. The highest BCUT2D eigenvalue weighted by Crippen LogP contribution is 2.31. The summed E-state index contributed by atoms with van der Waals surface area (Å²) in [4.78, 5) is 12.4. The Morgan fingerprint density at radius 3 is 2.45 bits per heavy atom. The number of rotatable bonds is 2. The van der Waals surface area contributed by atoms with Crippen molar-refractivity contribution < 1.29 is 24.5 Å². The molecule has 4 N–H and O–H groups in total. The minimum atomic E-state index is -0.495. The summed E-state index contributed by atoms with van der Waals surface area (Å²) >= 11 is 0. The molecule has 0 aliphatic rings. The zero-order chi connectivity index (χ0) is 15.9. The van der Waals surface area contributed by atoms with Crippen LogP contribution in [0.5, 0.6) is 17.2 Å². The third-order valence-electron chi connectivity index (χ3n) is 3.41. The number of hydrogen-bond donors (Lipinski definition) is 4. The smallest absolute Gasteiger partial charge is 0.256 e. The van der Waals surface area contributed by atoms with Crippen LogP contribution >= 0.6 is 0 Å². The maximum absolute atomic E-state index is 12.4. The lowest BCUT2D eigenvalue weighted by molar-refractivity contribution is 0.102. The molecule has 112 valence electrons. The summed E-state index contributed by atoms with van der Waals surface area (Å²) in [5.74, 6) is -0.841. The number of carbonyl (C=O) groups excluding carboxylic acids is 1. The largest absolute Gasteiger partial charge is 0.508 e. The van der Waals surface area contributed by atoms with Crippen LogP contribution in [0, 0.1) is 6.92 Å². The van der Waals surface area contributed by atoms with E-state index in [4.69, 9.17) is 4.42 Å². The molecule has 0 aliphatic carbocycles. The maximum atomic E-state index is 12.4. The summed E-state index contributed by atoms with van der Waals surface area (Å²) in [6.45, 7) is 1.56. The lowest BCUT2D eigenvalue weighted by atomic mass is 10.1. The van der Waals surface area contributed by atoms with Crippen LogP contribution in [0.1, 0.15) is 15.9 Å².